The van der Waals surface area contributed by atoms with Gasteiger partial charge in [0.1, 0.15) is 6.42 Å². The Hall–Kier alpha value is -2.61. The monoisotopic (exact) mass is 285 g/mol. The summed E-state index contributed by atoms with van der Waals surface area (Å²) in [6.07, 6.45) is 3.77. The van der Waals surface area contributed by atoms with Gasteiger partial charge in [-0.25, -0.2) is 0 Å². The predicted molar refractivity (Wildman–Crippen MR) is 81.1 cm³/mol. The smallest absolute Gasteiger partial charge is 0.244 e. The van der Waals surface area contributed by atoms with Crippen LogP contribution in [0.25, 0.3) is 6.08 Å². The van der Waals surface area contributed by atoms with Crippen molar-refractivity contribution in [2.24, 2.45) is 0 Å². The normalized spacial score (nSPS) is 10.1. The standard InChI is InChI=1S/C16H19N3O2/c1-13-5-2-3-6-14(13)7-8-15(20)18-11-4-12-19-16(21)9-10-17/h2-3,5-8H,4,9,11-12H2,1H3,(H,18,20)(H,19,21)/b8-7+. The Bertz CT molecular complexity index is 559. The van der Waals surface area contributed by atoms with Crippen LogP contribution in [-0.4, -0.2) is 24.9 Å². The van der Waals surface area contributed by atoms with E-state index in [1.54, 1.807) is 12.1 Å². The van der Waals surface area contributed by atoms with Crippen LogP contribution >= 0.6 is 0 Å². The zero-order valence-corrected chi connectivity index (χ0v) is 12.1. The van der Waals surface area contributed by atoms with Gasteiger partial charge in [0.2, 0.25) is 11.8 Å². The van der Waals surface area contributed by atoms with Gasteiger partial charge in [-0.1, -0.05) is 24.3 Å². The fourth-order valence-electron chi connectivity index (χ4n) is 1.66. The van der Waals surface area contributed by atoms with Crippen LogP contribution in [0.15, 0.2) is 30.3 Å². The maximum atomic E-state index is 11.6. The molecule has 0 unspecified atom stereocenters. The summed E-state index contributed by atoms with van der Waals surface area (Å²) in [5.74, 6) is -0.454. The second-order valence-electron chi connectivity index (χ2n) is 4.52. The summed E-state index contributed by atoms with van der Waals surface area (Å²) in [6.45, 7) is 2.91. The van der Waals surface area contributed by atoms with Crippen LogP contribution in [-0.2, 0) is 9.59 Å². The molecule has 0 fully saturated rings. The zero-order valence-electron chi connectivity index (χ0n) is 12.1. The summed E-state index contributed by atoms with van der Waals surface area (Å²) in [5, 5.41) is 13.6. The van der Waals surface area contributed by atoms with Crippen molar-refractivity contribution >= 4 is 17.9 Å². The Labute approximate surface area is 124 Å². The summed E-state index contributed by atoms with van der Waals surface area (Å²) < 4.78 is 0. The molecule has 0 saturated carbocycles. The van der Waals surface area contributed by atoms with Crippen LogP contribution in [0.5, 0.6) is 0 Å². The van der Waals surface area contributed by atoms with Crippen molar-refractivity contribution in [2.45, 2.75) is 19.8 Å². The summed E-state index contributed by atoms with van der Waals surface area (Å²) in [6, 6.07) is 9.59. The third-order valence-corrected chi connectivity index (χ3v) is 2.82. The van der Waals surface area contributed by atoms with Gasteiger partial charge < -0.3 is 10.6 Å². The van der Waals surface area contributed by atoms with Gasteiger partial charge in [-0.15, -0.1) is 0 Å². The Kier molecular flexibility index (Phi) is 7.30. The number of nitrogens with zero attached hydrogens (tertiary/aromatic N) is 1. The van der Waals surface area contributed by atoms with Crippen LogP contribution in [0.4, 0.5) is 0 Å². The molecule has 0 atom stereocenters. The summed E-state index contributed by atoms with van der Waals surface area (Å²) >= 11 is 0. The quantitative estimate of drug-likeness (QED) is 0.589. The second-order valence-corrected chi connectivity index (χ2v) is 4.52. The van der Waals surface area contributed by atoms with Crippen molar-refractivity contribution < 1.29 is 9.59 Å². The first-order valence-corrected chi connectivity index (χ1v) is 6.78. The van der Waals surface area contributed by atoms with Gasteiger partial charge >= 0.3 is 0 Å². The fourth-order valence-corrected chi connectivity index (χ4v) is 1.66. The summed E-state index contributed by atoms with van der Waals surface area (Å²) in [4.78, 5) is 22.6. The molecule has 0 aliphatic heterocycles. The minimum Gasteiger partial charge on any atom is -0.355 e. The van der Waals surface area contributed by atoms with Crippen molar-refractivity contribution in [3.63, 3.8) is 0 Å². The van der Waals surface area contributed by atoms with Gasteiger partial charge in [0.15, 0.2) is 0 Å². The lowest BCUT2D eigenvalue weighted by Gasteiger charge is -2.04. The van der Waals surface area contributed by atoms with E-state index in [0.717, 1.165) is 11.1 Å². The highest BCUT2D eigenvalue weighted by molar-refractivity contribution is 5.91. The SMILES string of the molecule is Cc1ccccc1/C=C/C(=O)NCCCNC(=O)CC#N. The minimum absolute atomic E-state index is 0.133. The third kappa shape index (κ3) is 6.92. The molecule has 0 saturated heterocycles. The molecule has 5 nitrogen and oxygen atoms in total. The van der Waals surface area contributed by atoms with E-state index in [-0.39, 0.29) is 18.2 Å². The van der Waals surface area contributed by atoms with Gasteiger partial charge in [-0.05, 0) is 30.5 Å². The topological polar surface area (TPSA) is 82.0 Å². The molecule has 0 bridgehead atoms. The molecular weight excluding hydrogens is 266 g/mol. The van der Waals surface area contributed by atoms with Gasteiger partial charge in [-0.3, -0.25) is 9.59 Å². The Morgan fingerprint density at radius 3 is 2.67 bits per heavy atom. The van der Waals surface area contributed by atoms with Crippen LogP contribution in [0.2, 0.25) is 0 Å². The van der Waals surface area contributed by atoms with E-state index < -0.39 is 0 Å². The fraction of sp³-hybridized carbons (Fsp3) is 0.312. The number of aryl methyl sites for hydroxylation is 1. The van der Waals surface area contributed by atoms with Crippen molar-refractivity contribution in [2.75, 3.05) is 13.1 Å². The zero-order chi connectivity index (χ0) is 15.5. The van der Waals surface area contributed by atoms with Crippen molar-refractivity contribution in [1.82, 2.24) is 10.6 Å². The van der Waals surface area contributed by atoms with Crippen LogP contribution < -0.4 is 10.6 Å². The highest BCUT2D eigenvalue weighted by Gasteiger charge is 1.99. The summed E-state index contributed by atoms with van der Waals surface area (Å²) in [5.41, 5.74) is 2.12. The molecule has 1 aromatic rings. The molecule has 0 spiro atoms. The molecule has 0 aliphatic carbocycles. The number of hydrogen-bond donors (Lipinski definition) is 2. The Morgan fingerprint density at radius 2 is 1.95 bits per heavy atom. The molecule has 0 heterocycles. The average molecular weight is 285 g/mol. The first kappa shape index (κ1) is 16.4. The molecule has 110 valence electrons. The number of hydrogen-bond acceptors (Lipinski definition) is 3. The molecule has 1 rings (SSSR count). The third-order valence-electron chi connectivity index (χ3n) is 2.82. The number of carbonyl (C=O) groups is 2. The molecule has 21 heavy (non-hydrogen) atoms. The number of nitriles is 1. The van der Waals surface area contributed by atoms with Gasteiger partial charge in [0.25, 0.3) is 0 Å². The number of carbonyl (C=O) groups excluding carboxylic acids is 2. The number of amides is 2. The van der Waals surface area contributed by atoms with Crippen LogP contribution in [0.3, 0.4) is 0 Å². The van der Waals surface area contributed by atoms with Gasteiger partial charge in [0, 0.05) is 19.2 Å². The van der Waals surface area contributed by atoms with E-state index in [0.29, 0.717) is 19.5 Å². The second kappa shape index (κ2) is 9.32. The Balaban J connectivity index is 2.22. The van der Waals surface area contributed by atoms with Gasteiger partial charge in [-0.2, -0.15) is 5.26 Å². The number of rotatable bonds is 7. The van der Waals surface area contributed by atoms with E-state index in [4.69, 9.17) is 5.26 Å². The van der Waals surface area contributed by atoms with Crippen molar-refractivity contribution in [3.05, 3.63) is 41.5 Å². The van der Waals surface area contributed by atoms with E-state index >= 15 is 0 Å². The number of nitrogens with one attached hydrogen (secondary N) is 2. The van der Waals surface area contributed by atoms with E-state index in [1.165, 1.54) is 6.08 Å². The Morgan fingerprint density at radius 1 is 1.24 bits per heavy atom. The molecule has 0 aliphatic rings. The first-order valence-electron chi connectivity index (χ1n) is 6.78. The minimum atomic E-state index is -0.289. The molecule has 0 aromatic heterocycles. The molecule has 2 N–H and O–H groups in total. The lowest BCUT2D eigenvalue weighted by atomic mass is 10.1. The summed E-state index contributed by atoms with van der Waals surface area (Å²) in [7, 11) is 0. The molecule has 5 heteroatoms. The van der Waals surface area contributed by atoms with E-state index in [2.05, 4.69) is 10.6 Å². The molecule has 1 aromatic carbocycles. The predicted octanol–water partition coefficient (Wildman–Crippen LogP) is 1.54. The lowest BCUT2D eigenvalue weighted by molar-refractivity contribution is -0.120. The largest absolute Gasteiger partial charge is 0.355 e. The van der Waals surface area contributed by atoms with E-state index in [9.17, 15) is 9.59 Å². The van der Waals surface area contributed by atoms with Crippen molar-refractivity contribution in [1.29, 1.82) is 5.26 Å². The lowest BCUT2D eigenvalue weighted by Crippen LogP contribution is -2.28. The molecular formula is C16H19N3O2. The highest BCUT2D eigenvalue weighted by atomic mass is 16.2. The average Bonchev–Trinajstić information content (AvgIpc) is 2.46. The van der Waals surface area contributed by atoms with Crippen LogP contribution in [0.1, 0.15) is 24.0 Å². The maximum Gasteiger partial charge on any atom is 0.244 e. The maximum absolute atomic E-state index is 11.6. The van der Waals surface area contributed by atoms with Crippen LogP contribution in [0, 0.1) is 18.3 Å². The first-order chi connectivity index (χ1) is 10.1. The highest BCUT2D eigenvalue weighted by Crippen LogP contribution is 2.08. The molecule has 2 amide bonds. The molecule has 0 radical (unpaired) electrons. The number of benzene rings is 1. The van der Waals surface area contributed by atoms with Crippen molar-refractivity contribution in [3.8, 4) is 6.07 Å². The van der Waals surface area contributed by atoms with Gasteiger partial charge in [0.05, 0.1) is 6.07 Å². The van der Waals surface area contributed by atoms with E-state index in [1.807, 2.05) is 31.2 Å².